The highest BCUT2D eigenvalue weighted by Gasteiger charge is 2.26. The molecular weight excluding hydrogens is 729 g/mol. The van der Waals surface area contributed by atoms with Gasteiger partial charge in [-0.15, -0.1) is 0 Å². The summed E-state index contributed by atoms with van der Waals surface area (Å²) in [4.78, 5) is 10.3. The molecule has 0 aliphatic carbocycles. The fourth-order valence-corrected chi connectivity index (χ4v) is 10.00. The van der Waals surface area contributed by atoms with Crippen LogP contribution in [0.15, 0.2) is 206 Å². The monoisotopic (exact) mass is 762 g/mol. The van der Waals surface area contributed by atoms with Crippen LogP contribution in [0.1, 0.15) is 0 Å². The molecule has 0 unspecified atom stereocenters. The van der Waals surface area contributed by atoms with Crippen molar-refractivity contribution in [3.05, 3.63) is 206 Å². The van der Waals surface area contributed by atoms with E-state index in [1.54, 1.807) is 0 Å². The van der Waals surface area contributed by atoms with Gasteiger partial charge in [0, 0.05) is 65.6 Å². The molecule has 0 saturated heterocycles. The molecule has 4 heteroatoms. The smallest absolute Gasteiger partial charge is 0.160 e. The molecule has 0 N–H and O–H groups in total. The molecule has 0 radical (unpaired) electrons. The minimum absolute atomic E-state index is 0.710. The van der Waals surface area contributed by atoms with Crippen molar-refractivity contribution in [1.29, 1.82) is 0 Å². The lowest BCUT2D eigenvalue weighted by atomic mass is 9.89. The third-order valence-corrected chi connectivity index (χ3v) is 12.5. The number of hydrogen-bond acceptors (Lipinski definition) is 2. The number of hydrogen-bond donors (Lipinski definition) is 0. The Morgan fingerprint density at radius 2 is 0.733 bits per heavy atom. The van der Waals surface area contributed by atoms with Gasteiger partial charge in [-0.3, -0.25) is 0 Å². The zero-order chi connectivity index (χ0) is 39.3. The van der Waals surface area contributed by atoms with Gasteiger partial charge in [-0.2, -0.15) is 0 Å². The van der Waals surface area contributed by atoms with Crippen LogP contribution >= 0.6 is 0 Å². The first-order chi connectivity index (χ1) is 29.8. The molecule has 0 aliphatic rings. The van der Waals surface area contributed by atoms with E-state index in [4.69, 9.17) is 9.97 Å². The van der Waals surface area contributed by atoms with Crippen LogP contribution < -0.4 is 0 Å². The van der Waals surface area contributed by atoms with Crippen molar-refractivity contribution in [1.82, 2.24) is 19.1 Å². The van der Waals surface area contributed by atoms with Gasteiger partial charge in [0.05, 0.1) is 33.3 Å². The van der Waals surface area contributed by atoms with Crippen LogP contribution in [-0.2, 0) is 0 Å². The Bertz CT molecular complexity index is 3860. The summed E-state index contributed by atoms with van der Waals surface area (Å²) in [6, 6.07) is 74.2. The minimum atomic E-state index is 0.710. The number of aromatic nitrogens is 4. The molecule has 4 nitrogen and oxygen atoms in total. The van der Waals surface area contributed by atoms with Gasteiger partial charge < -0.3 is 9.13 Å². The topological polar surface area (TPSA) is 35.6 Å². The molecule has 10 aromatic carbocycles. The molecule has 3 aromatic heterocycles. The summed E-state index contributed by atoms with van der Waals surface area (Å²) in [7, 11) is 0. The van der Waals surface area contributed by atoms with Crippen LogP contribution in [0.2, 0.25) is 0 Å². The van der Waals surface area contributed by atoms with E-state index in [1.165, 1.54) is 75.9 Å². The van der Waals surface area contributed by atoms with Crippen molar-refractivity contribution >= 4 is 86.8 Å². The van der Waals surface area contributed by atoms with E-state index in [0.717, 1.165) is 39.1 Å². The first-order valence-electron chi connectivity index (χ1n) is 20.5. The molecule has 0 bridgehead atoms. The highest BCUT2D eigenvalue weighted by atomic mass is 15.0. The number of nitrogens with zero attached hydrogens (tertiary/aromatic N) is 4. The molecule has 278 valence electrons. The van der Waals surface area contributed by atoms with Crippen molar-refractivity contribution in [2.24, 2.45) is 0 Å². The third kappa shape index (κ3) is 4.61. The van der Waals surface area contributed by atoms with E-state index < -0.39 is 0 Å². The molecule has 0 amide bonds. The van der Waals surface area contributed by atoms with E-state index in [9.17, 15) is 0 Å². The molecule has 0 atom stereocenters. The average molecular weight is 763 g/mol. The van der Waals surface area contributed by atoms with Gasteiger partial charge in [-0.05, 0) is 70.8 Å². The maximum atomic E-state index is 5.19. The van der Waals surface area contributed by atoms with E-state index >= 15 is 0 Å². The van der Waals surface area contributed by atoms with Crippen LogP contribution in [0.5, 0.6) is 0 Å². The second kappa shape index (κ2) is 12.7. The Morgan fingerprint density at radius 3 is 1.32 bits per heavy atom. The largest absolute Gasteiger partial charge is 0.309 e. The highest BCUT2D eigenvalue weighted by Crippen LogP contribution is 2.50. The first-order valence-corrected chi connectivity index (χ1v) is 20.5. The average Bonchev–Trinajstić information content (AvgIpc) is 3.86. The van der Waals surface area contributed by atoms with E-state index in [1.807, 2.05) is 12.1 Å². The van der Waals surface area contributed by atoms with Gasteiger partial charge in [0.2, 0.25) is 0 Å². The molecule has 13 aromatic rings. The first kappa shape index (κ1) is 32.9. The molecule has 0 saturated carbocycles. The Morgan fingerprint density at radius 1 is 0.283 bits per heavy atom. The van der Waals surface area contributed by atoms with Gasteiger partial charge >= 0.3 is 0 Å². The molecule has 0 fully saturated rings. The fourth-order valence-electron chi connectivity index (χ4n) is 10.00. The number of benzene rings is 10. The SMILES string of the molecule is c1ccc(-c2nc(-c3ccc(-n4c5ccccc5c5c6c(c7ccccc7c7c6c6ccccc6n7-c6ccccc6)c6ccccc6c54)cc3)nc3ccccc23)cc1. The molecule has 60 heavy (non-hydrogen) atoms. The summed E-state index contributed by atoms with van der Waals surface area (Å²) in [5, 5.41) is 13.6. The highest BCUT2D eigenvalue weighted by molar-refractivity contribution is 6.45. The van der Waals surface area contributed by atoms with Gasteiger partial charge in [0.1, 0.15) is 0 Å². The van der Waals surface area contributed by atoms with Crippen LogP contribution in [0.4, 0.5) is 0 Å². The predicted octanol–water partition coefficient (Wildman–Crippen LogP) is 14.6. The van der Waals surface area contributed by atoms with E-state index in [-0.39, 0.29) is 0 Å². The fraction of sp³-hybridized carbons (Fsp3) is 0. The summed E-state index contributed by atoms with van der Waals surface area (Å²) < 4.78 is 4.95. The molecule has 13 rings (SSSR count). The zero-order valence-corrected chi connectivity index (χ0v) is 32.4. The maximum Gasteiger partial charge on any atom is 0.160 e. The van der Waals surface area contributed by atoms with Gasteiger partial charge in [-0.25, -0.2) is 9.97 Å². The second-order valence-electron chi connectivity index (χ2n) is 15.7. The molecule has 0 spiro atoms. The Balaban J connectivity index is 1.15. The number of rotatable bonds is 4. The standard InChI is InChI=1S/C56H34N4/c1-3-17-35(18-4-1)53-43-25-11-14-28-46(43)57-56(58-53)36-31-33-38(34-32-36)60-48-30-16-13-27-45(48)51-52-49(40-22-8-10-24-42(40)55(51)60)39-21-7-9-23-41(39)54-50(52)44-26-12-15-29-47(44)59(54)37-19-5-2-6-20-37/h1-34H. The van der Waals surface area contributed by atoms with Crippen molar-refractivity contribution in [3.8, 4) is 34.0 Å². The summed E-state index contributed by atoms with van der Waals surface area (Å²) in [5.74, 6) is 0.710. The van der Waals surface area contributed by atoms with Crippen LogP contribution in [-0.4, -0.2) is 19.1 Å². The molecular formula is C56H34N4. The van der Waals surface area contributed by atoms with Crippen LogP contribution in [0.25, 0.3) is 121 Å². The summed E-state index contributed by atoms with van der Waals surface area (Å²) in [5.41, 5.74) is 10.9. The van der Waals surface area contributed by atoms with Gasteiger partial charge in [0.15, 0.2) is 5.82 Å². The van der Waals surface area contributed by atoms with E-state index in [2.05, 4.69) is 203 Å². The molecule has 3 heterocycles. The predicted molar refractivity (Wildman–Crippen MR) is 252 cm³/mol. The van der Waals surface area contributed by atoms with Gasteiger partial charge in [-0.1, -0.05) is 152 Å². The Labute approximate surface area is 344 Å². The molecule has 0 aliphatic heterocycles. The third-order valence-electron chi connectivity index (χ3n) is 12.5. The maximum absolute atomic E-state index is 5.19. The lowest BCUT2D eigenvalue weighted by molar-refractivity contribution is 1.18. The van der Waals surface area contributed by atoms with Crippen molar-refractivity contribution in [2.75, 3.05) is 0 Å². The summed E-state index contributed by atoms with van der Waals surface area (Å²) in [6.45, 7) is 0. The number of para-hydroxylation sites is 4. The minimum Gasteiger partial charge on any atom is -0.309 e. The second-order valence-corrected chi connectivity index (χ2v) is 15.7. The number of fused-ring (bicyclic) bond motifs is 16. The normalized spacial score (nSPS) is 12.0. The van der Waals surface area contributed by atoms with E-state index in [0.29, 0.717) is 5.82 Å². The van der Waals surface area contributed by atoms with Crippen molar-refractivity contribution < 1.29 is 0 Å². The summed E-state index contributed by atoms with van der Waals surface area (Å²) in [6.07, 6.45) is 0. The van der Waals surface area contributed by atoms with Gasteiger partial charge in [0.25, 0.3) is 0 Å². The zero-order valence-electron chi connectivity index (χ0n) is 32.4. The van der Waals surface area contributed by atoms with Crippen molar-refractivity contribution in [2.45, 2.75) is 0 Å². The Kier molecular flexibility index (Phi) is 6.98. The van der Waals surface area contributed by atoms with Crippen LogP contribution in [0.3, 0.4) is 0 Å². The quantitative estimate of drug-likeness (QED) is 0.167. The summed E-state index contributed by atoms with van der Waals surface area (Å²) >= 11 is 0. The lowest BCUT2D eigenvalue weighted by Gasteiger charge is -2.16. The van der Waals surface area contributed by atoms with Crippen molar-refractivity contribution in [3.63, 3.8) is 0 Å². The van der Waals surface area contributed by atoms with Crippen LogP contribution in [0, 0.1) is 0 Å². The lowest BCUT2D eigenvalue weighted by Crippen LogP contribution is -1.97. The Hall–Kier alpha value is -8.08.